The third kappa shape index (κ3) is 4.52. The zero-order valence-corrected chi connectivity index (χ0v) is 17.1. The largest absolute Gasteiger partial charge is 0.392 e. The van der Waals surface area contributed by atoms with Crippen molar-refractivity contribution < 1.29 is 27.1 Å². The van der Waals surface area contributed by atoms with Crippen molar-refractivity contribution in [2.75, 3.05) is 5.32 Å². The van der Waals surface area contributed by atoms with Crippen LogP contribution in [0.4, 0.5) is 20.3 Å². The van der Waals surface area contributed by atoms with Crippen LogP contribution in [-0.2, 0) is 16.4 Å². The molecule has 12 heteroatoms. The van der Waals surface area contributed by atoms with Crippen LogP contribution in [0.3, 0.4) is 0 Å². The van der Waals surface area contributed by atoms with E-state index in [0.29, 0.717) is 6.42 Å². The second-order valence-electron chi connectivity index (χ2n) is 7.23. The minimum Gasteiger partial charge on any atom is -0.392 e. The molecule has 9 nitrogen and oxygen atoms in total. The summed E-state index contributed by atoms with van der Waals surface area (Å²) >= 11 is 0. The second-order valence-corrected chi connectivity index (χ2v) is 9.12. The number of aromatic nitrogens is 2. The molecule has 1 heterocycles. The van der Waals surface area contributed by atoms with Crippen LogP contribution in [0.5, 0.6) is 0 Å². The predicted molar refractivity (Wildman–Crippen MR) is 106 cm³/mol. The lowest BCUT2D eigenvalue weighted by Crippen LogP contribution is -2.22. The monoisotopic (exact) mass is 453 g/mol. The third-order valence-electron chi connectivity index (χ3n) is 5.27. The number of aliphatic hydroxyl groups is 1. The topological polar surface area (TPSA) is 151 Å². The Morgan fingerprint density at radius 3 is 2.71 bits per heavy atom. The average molecular weight is 453 g/mol. The highest BCUT2D eigenvalue weighted by Gasteiger charge is 2.30. The minimum absolute atomic E-state index is 0.0529. The lowest BCUT2D eigenvalue weighted by molar-refractivity contribution is 0.100. The number of halogens is 2. The number of primary amides is 1. The van der Waals surface area contributed by atoms with Gasteiger partial charge >= 0.3 is 5.76 Å². The van der Waals surface area contributed by atoms with Gasteiger partial charge in [-0.2, -0.15) is 19.1 Å². The van der Waals surface area contributed by atoms with Gasteiger partial charge in [0.05, 0.1) is 29.5 Å². The van der Waals surface area contributed by atoms with Gasteiger partial charge in [-0.15, -0.1) is 0 Å². The number of aliphatic hydroxyl groups excluding tert-OH is 1. The Bertz CT molecular complexity index is 1130. The Balaban J connectivity index is 1.96. The van der Waals surface area contributed by atoms with Crippen LogP contribution in [-0.4, -0.2) is 35.0 Å². The molecular formula is C19H21F2N5O4S. The molecule has 0 saturated heterocycles. The van der Waals surface area contributed by atoms with Crippen LogP contribution in [0.2, 0.25) is 0 Å². The molecule has 1 amide bonds. The van der Waals surface area contributed by atoms with Gasteiger partial charge in [-0.25, -0.2) is 8.42 Å². The quantitative estimate of drug-likeness (QED) is 0.582. The first-order valence-electron chi connectivity index (χ1n) is 9.50. The van der Waals surface area contributed by atoms with Gasteiger partial charge in [0.15, 0.2) is 5.82 Å². The molecule has 31 heavy (non-hydrogen) atoms. The normalized spacial score (nSPS) is 19.2. The Kier molecular flexibility index (Phi) is 6.56. The number of hydrogen-bond donors (Lipinski definition) is 3. The summed E-state index contributed by atoms with van der Waals surface area (Å²) in [7, 11) is -4.90. The average Bonchev–Trinajstić information content (AvgIpc) is 3.17. The van der Waals surface area contributed by atoms with E-state index in [9.17, 15) is 32.4 Å². The number of benzene rings is 1. The minimum atomic E-state index is -4.90. The zero-order chi connectivity index (χ0) is 22.8. The second kappa shape index (κ2) is 8.99. The van der Waals surface area contributed by atoms with Gasteiger partial charge in [-0.3, -0.25) is 9.48 Å². The van der Waals surface area contributed by atoms with Gasteiger partial charge < -0.3 is 16.2 Å². The number of nitrogens with one attached hydrogen (secondary N) is 1. The van der Waals surface area contributed by atoms with Gasteiger partial charge in [0.2, 0.25) is 9.84 Å². The molecular weight excluding hydrogens is 432 g/mol. The molecule has 3 rings (SSSR count). The van der Waals surface area contributed by atoms with Crippen LogP contribution in [0.15, 0.2) is 29.3 Å². The number of nitriles is 1. The van der Waals surface area contributed by atoms with Gasteiger partial charge in [-0.05, 0) is 36.6 Å². The van der Waals surface area contributed by atoms with Crippen molar-refractivity contribution in [3.63, 3.8) is 0 Å². The molecule has 2 aromatic rings. The van der Waals surface area contributed by atoms with E-state index >= 15 is 0 Å². The number of nitrogens with two attached hydrogens (primary N) is 1. The zero-order valence-electron chi connectivity index (χ0n) is 16.3. The Hall–Kier alpha value is -3.04. The van der Waals surface area contributed by atoms with Crippen molar-refractivity contribution in [1.29, 1.82) is 5.26 Å². The number of hydrogen-bond acceptors (Lipinski definition) is 7. The van der Waals surface area contributed by atoms with Crippen LogP contribution in [0.1, 0.15) is 47.6 Å². The summed E-state index contributed by atoms with van der Waals surface area (Å²) in [6, 6.07) is 5.38. The maximum atomic E-state index is 12.9. The maximum Gasteiger partial charge on any atom is 0.341 e. The third-order valence-corrected chi connectivity index (χ3v) is 6.75. The van der Waals surface area contributed by atoms with E-state index in [0.717, 1.165) is 25.3 Å². The van der Waals surface area contributed by atoms with Crippen LogP contribution >= 0.6 is 0 Å². The number of carbonyl (C=O) groups excluding carboxylic acids is 1. The Morgan fingerprint density at radius 2 is 2.10 bits per heavy atom. The first kappa shape index (κ1) is 22.6. The molecule has 1 aromatic carbocycles. The molecule has 1 unspecified atom stereocenters. The number of carbonyl (C=O) groups is 1. The van der Waals surface area contributed by atoms with E-state index < -0.39 is 33.0 Å². The number of rotatable bonds is 7. The summed E-state index contributed by atoms with van der Waals surface area (Å²) in [6.45, 7) is -0.792. The molecule has 0 aliphatic heterocycles. The Labute approximate surface area is 177 Å². The number of alkyl halides is 2. The van der Waals surface area contributed by atoms with E-state index in [4.69, 9.17) is 5.73 Å². The van der Waals surface area contributed by atoms with Crippen LogP contribution < -0.4 is 11.1 Å². The summed E-state index contributed by atoms with van der Waals surface area (Å²) in [4.78, 5) is 11.2. The van der Waals surface area contributed by atoms with E-state index in [1.54, 1.807) is 0 Å². The summed E-state index contributed by atoms with van der Waals surface area (Å²) in [5.74, 6) is -4.58. The molecule has 0 spiro atoms. The van der Waals surface area contributed by atoms with E-state index in [1.807, 2.05) is 0 Å². The molecule has 4 N–H and O–H groups in total. The van der Waals surface area contributed by atoms with Gasteiger partial charge in [0.25, 0.3) is 5.91 Å². The summed E-state index contributed by atoms with van der Waals surface area (Å²) in [5, 5.41) is 26.0. The summed E-state index contributed by atoms with van der Waals surface area (Å²) < 4.78 is 50.8. The SMILES string of the molecule is N#CC1CCCC[C@@H]1n1cc(C(N)=O)c(Nc2ccc(S(=O)(=O)C(F)F)c(CO)c2)n1. The molecule has 1 fully saturated rings. The fraction of sp³-hybridized carbons (Fsp3) is 0.421. The van der Waals surface area contributed by atoms with Crippen molar-refractivity contribution in [1.82, 2.24) is 9.78 Å². The molecule has 1 aliphatic rings. The fourth-order valence-corrected chi connectivity index (χ4v) is 4.64. The van der Waals surface area contributed by atoms with Crippen molar-refractivity contribution in [2.45, 2.75) is 49.0 Å². The highest BCUT2D eigenvalue weighted by Crippen LogP contribution is 2.35. The molecule has 2 atom stereocenters. The number of anilines is 2. The standard InChI is InChI=1S/C19H21F2N5O4S/c20-19(21)31(29,30)16-6-5-13(7-12(16)10-27)24-18-14(17(23)28)9-26(25-18)15-4-2-1-3-11(15)8-22/h5-7,9,11,15,19,27H,1-4,10H2,(H2,23,28)(H,24,25)/t11?,15-/m0/s1. The molecule has 166 valence electrons. The van der Waals surface area contributed by atoms with Crippen molar-refractivity contribution in [3.8, 4) is 6.07 Å². The molecule has 0 radical (unpaired) electrons. The van der Waals surface area contributed by atoms with Crippen molar-refractivity contribution in [3.05, 3.63) is 35.5 Å². The van der Waals surface area contributed by atoms with E-state index in [2.05, 4.69) is 16.5 Å². The maximum absolute atomic E-state index is 12.9. The summed E-state index contributed by atoms with van der Waals surface area (Å²) in [5.41, 5.74) is 5.48. The lowest BCUT2D eigenvalue weighted by atomic mass is 9.85. The van der Waals surface area contributed by atoms with Crippen molar-refractivity contribution >= 4 is 27.2 Å². The van der Waals surface area contributed by atoms with Crippen molar-refractivity contribution in [2.24, 2.45) is 11.7 Å². The smallest absolute Gasteiger partial charge is 0.341 e. The highest BCUT2D eigenvalue weighted by atomic mass is 32.2. The Morgan fingerprint density at radius 1 is 1.39 bits per heavy atom. The predicted octanol–water partition coefficient (Wildman–Crippen LogP) is 2.47. The molecule has 0 bridgehead atoms. The van der Waals surface area contributed by atoms with E-state index in [1.165, 1.54) is 23.0 Å². The fourth-order valence-electron chi connectivity index (χ4n) is 3.70. The molecule has 1 saturated carbocycles. The first-order valence-corrected chi connectivity index (χ1v) is 11.0. The van der Waals surface area contributed by atoms with Gasteiger partial charge in [-0.1, -0.05) is 12.8 Å². The highest BCUT2D eigenvalue weighted by molar-refractivity contribution is 7.91. The first-order chi connectivity index (χ1) is 14.7. The summed E-state index contributed by atoms with van der Waals surface area (Å²) in [6.07, 6.45) is 4.73. The number of amides is 1. The molecule has 1 aromatic heterocycles. The molecule has 1 aliphatic carbocycles. The van der Waals surface area contributed by atoms with E-state index in [-0.39, 0.29) is 34.6 Å². The number of nitrogens with zero attached hydrogens (tertiary/aromatic N) is 3. The lowest BCUT2D eigenvalue weighted by Gasteiger charge is -2.26. The van der Waals surface area contributed by atoms with Crippen LogP contribution in [0.25, 0.3) is 0 Å². The van der Waals surface area contributed by atoms with Gasteiger partial charge in [0.1, 0.15) is 5.56 Å². The van der Waals surface area contributed by atoms with Crippen LogP contribution in [0, 0.1) is 17.2 Å². The van der Waals surface area contributed by atoms with Gasteiger partial charge in [0, 0.05) is 11.9 Å². The number of sulfone groups is 1.